The molecule has 1 saturated heterocycles. The van der Waals surface area contributed by atoms with Crippen LogP contribution in [0.5, 0.6) is 0 Å². The number of rotatable bonds is 4. The van der Waals surface area contributed by atoms with Crippen molar-refractivity contribution in [3.8, 4) is 0 Å². The molecule has 1 aromatic carbocycles. The van der Waals surface area contributed by atoms with Crippen LogP contribution in [0.1, 0.15) is 24.1 Å². The van der Waals surface area contributed by atoms with Gasteiger partial charge in [0.25, 0.3) is 0 Å². The number of nitrogens with zero attached hydrogens (tertiary/aromatic N) is 2. The van der Waals surface area contributed by atoms with Crippen LogP contribution in [0.3, 0.4) is 0 Å². The molecule has 0 bridgehead atoms. The number of amides is 1. The Kier molecular flexibility index (Phi) is 4.14. The first-order valence-electron chi connectivity index (χ1n) is 8.78. The minimum absolute atomic E-state index is 0.0245. The van der Waals surface area contributed by atoms with Crippen LogP contribution in [-0.2, 0) is 11.2 Å². The molecule has 0 unspecified atom stereocenters. The number of anilines is 2. The van der Waals surface area contributed by atoms with Crippen molar-refractivity contribution in [3.05, 3.63) is 53.9 Å². The highest BCUT2D eigenvalue weighted by atomic mass is 16.1. The zero-order chi connectivity index (χ0) is 17.2. The molecular formula is C20H22N4O. The SMILES string of the molecule is Cc1[nH]c2ccccc2c1CC(=O)Nc1ccc(N2CCCC2)nc1. The summed E-state index contributed by atoms with van der Waals surface area (Å²) >= 11 is 0. The molecule has 5 heteroatoms. The number of pyridine rings is 1. The van der Waals surface area contributed by atoms with Crippen LogP contribution in [0.2, 0.25) is 0 Å². The molecule has 0 saturated carbocycles. The second kappa shape index (κ2) is 6.59. The average Bonchev–Trinajstić information content (AvgIpc) is 3.25. The number of fused-ring (bicyclic) bond motifs is 1. The van der Waals surface area contributed by atoms with Crippen LogP contribution in [-0.4, -0.2) is 29.0 Å². The Bertz CT molecular complexity index is 892. The first-order chi connectivity index (χ1) is 12.2. The Morgan fingerprint density at radius 2 is 2.00 bits per heavy atom. The van der Waals surface area contributed by atoms with E-state index in [1.54, 1.807) is 6.20 Å². The molecule has 1 fully saturated rings. The smallest absolute Gasteiger partial charge is 0.228 e. The molecule has 5 nitrogen and oxygen atoms in total. The number of aromatic amines is 1. The van der Waals surface area contributed by atoms with Crippen LogP contribution in [0.25, 0.3) is 10.9 Å². The Labute approximate surface area is 147 Å². The van der Waals surface area contributed by atoms with Crippen molar-refractivity contribution in [1.82, 2.24) is 9.97 Å². The Morgan fingerprint density at radius 1 is 1.20 bits per heavy atom. The van der Waals surface area contributed by atoms with E-state index in [0.29, 0.717) is 6.42 Å². The molecule has 0 atom stereocenters. The molecule has 3 heterocycles. The fourth-order valence-corrected chi connectivity index (χ4v) is 3.52. The standard InChI is InChI=1S/C20H22N4O/c1-14-17(16-6-2-3-7-18(16)22-14)12-20(25)23-15-8-9-19(21-13-15)24-10-4-5-11-24/h2-3,6-9,13,22H,4-5,10-12H2,1H3,(H,23,25). The monoisotopic (exact) mass is 334 g/mol. The maximum atomic E-state index is 12.5. The molecular weight excluding hydrogens is 312 g/mol. The van der Waals surface area contributed by atoms with Crippen molar-refractivity contribution >= 4 is 28.3 Å². The van der Waals surface area contributed by atoms with Gasteiger partial charge in [0, 0.05) is 29.7 Å². The van der Waals surface area contributed by atoms with Gasteiger partial charge in [-0.05, 0) is 43.5 Å². The quantitative estimate of drug-likeness (QED) is 0.765. The molecule has 2 aromatic heterocycles. The second-order valence-corrected chi connectivity index (χ2v) is 6.60. The van der Waals surface area contributed by atoms with Crippen LogP contribution < -0.4 is 10.2 Å². The summed E-state index contributed by atoms with van der Waals surface area (Å²) in [6.07, 6.45) is 4.55. The number of H-pyrrole nitrogens is 1. The lowest BCUT2D eigenvalue weighted by molar-refractivity contribution is -0.115. The lowest BCUT2D eigenvalue weighted by Crippen LogP contribution is -2.19. The summed E-state index contributed by atoms with van der Waals surface area (Å²) in [5.74, 6) is 0.964. The van der Waals surface area contributed by atoms with Crippen LogP contribution in [0, 0.1) is 6.92 Å². The highest BCUT2D eigenvalue weighted by Gasteiger charge is 2.14. The number of carbonyl (C=O) groups is 1. The third-order valence-electron chi connectivity index (χ3n) is 4.83. The van der Waals surface area contributed by atoms with Gasteiger partial charge in [-0.25, -0.2) is 4.98 Å². The summed E-state index contributed by atoms with van der Waals surface area (Å²) in [6, 6.07) is 12.0. The van der Waals surface area contributed by atoms with Gasteiger partial charge >= 0.3 is 0 Å². The van der Waals surface area contributed by atoms with Gasteiger partial charge in [-0.15, -0.1) is 0 Å². The van der Waals surface area contributed by atoms with Gasteiger partial charge in [-0.2, -0.15) is 0 Å². The van der Waals surface area contributed by atoms with Gasteiger partial charge < -0.3 is 15.2 Å². The lowest BCUT2D eigenvalue weighted by Gasteiger charge is -2.16. The molecule has 128 valence electrons. The molecule has 0 spiro atoms. The molecule has 1 aliphatic rings. The van der Waals surface area contributed by atoms with Crippen molar-refractivity contribution in [2.45, 2.75) is 26.2 Å². The largest absolute Gasteiger partial charge is 0.358 e. The Hall–Kier alpha value is -2.82. The normalized spacial score (nSPS) is 14.2. The van der Waals surface area contributed by atoms with Gasteiger partial charge in [-0.3, -0.25) is 4.79 Å². The average molecular weight is 334 g/mol. The van der Waals surface area contributed by atoms with E-state index in [4.69, 9.17) is 0 Å². The summed E-state index contributed by atoms with van der Waals surface area (Å²) in [6.45, 7) is 4.14. The third kappa shape index (κ3) is 3.22. The van der Waals surface area contributed by atoms with E-state index in [1.165, 1.54) is 12.8 Å². The van der Waals surface area contributed by atoms with E-state index in [0.717, 1.165) is 46.8 Å². The van der Waals surface area contributed by atoms with Gasteiger partial charge in [0.2, 0.25) is 5.91 Å². The number of benzene rings is 1. The molecule has 0 radical (unpaired) electrons. The molecule has 0 aliphatic carbocycles. The molecule has 3 aromatic rings. The van der Waals surface area contributed by atoms with Gasteiger partial charge in [0.15, 0.2) is 0 Å². The predicted molar refractivity (Wildman–Crippen MR) is 101 cm³/mol. The molecule has 1 aliphatic heterocycles. The minimum Gasteiger partial charge on any atom is -0.358 e. The third-order valence-corrected chi connectivity index (χ3v) is 4.83. The van der Waals surface area contributed by atoms with Crippen LogP contribution in [0.4, 0.5) is 11.5 Å². The topological polar surface area (TPSA) is 61.0 Å². The number of aryl methyl sites for hydroxylation is 1. The first kappa shape index (κ1) is 15.7. The molecule has 2 N–H and O–H groups in total. The zero-order valence-corrected chi connectivity index (χ0v) is 14.4. The highest BCUT2D eigenvalue weighted by molar-refractivity contribution is 5.96. The molecule has 4 rings (SSSR count). The van der Waals surface area contributed by atoms with Crippen molar-refractivity contribution in [2.75, 3.05) is 23.3 Å². The van der Waals surface area contributed by atoms with Crippen molar-refractivity contribution < 1.29 is 4.79 Å². The maximum Gasteiger partial charge on any atom is 0.228 e. The van der Waals surface area contributed by atoms with Crippen LogP contribution >= 0.6 is 0 Å². The summed E-state index contributed by atoms with van der Waals surface area (Å²) in [5, 5.41) is 4.07. The first-order valence-corrected chi connectivity index (χ1v) is 8.78. The van der Waals surface area contributed by atoms with E-state index in [-0.39, 0.29) is 5.91 Å². The molecule has 25 heavy (non-hydrogen) atoms. The van der Waals surface area contributed by atoms with E-state index in [2.05, 4.69) is 20.2 Å². The number of nitrogens with one attached hydrogen (secondary N) is 2. The Balaban J connectivity index is 1.45. The second-order valence-electron chi connectivity index (χ2n) is 6.60. The number of aromatic nitrogens is 2. The number of hydrogen-bond donors (Lipinski definition) is 2. The predicted octanol–water partition coefficient (Wildman–Crippen LogP) is 3.65. The summed E-state index contributed by atoms with van der Waals surface area (Å²) < 4.78 is 0. The number of carbonyl (C=O) groups excluding carboxylic acids is 1. The summed E-state index contributed by atoms with van der Waals surface area (Å²) in [7, 11) is 0. The van der Waals surface area contributed by atoms with E-state index in [1.807, 2.05) is 43.3 Å². The van der Waals surface area contributed by atoms with Gasteiger partial charge in [-0.1, -0.05) is 18.2 Å². The summed E-state index contributed by atoms with van der Waals surface area (Å²) in [4.78, 5) is 22.6. The van der Waals surface area contributed by atoms with Gasteiger partial charge in [0.1, 0.15) is 5.82 Å². The zero-order valence-electron chi connectivity index (χ0n) is 14.4. The maximum absolute atomic E-state index is 12.5. The van der Waals surface area contributed by atoms with Crippen LogP contribution in [0.15, 0.2) is 42.6 Å². The summed E-state index contributed by atoms with van der Waals surface area (Å²) in [5.41, 5.74) is 3.90. The van der Waals surface area contributed by atoms with Crippen molar-refractivity contribution in [2.24, 2.45) is 0 Å². The fraction of sp³-hybridized carbons (Fsp3) is 0.300. The van der Waals surface area contributed by atoms with E-state index >= 15 is 0 Å². The Morgan fingerprint density at radius 3 is 2.76 bits per heavy atom. The number of para-hydroxylation sites is 1. The van der Waals surface area contributed by atoms with E-state index < -0.39 is 0 Å². The minimum atomic E-state index is -0.0245. The lowest BCUT2D eigenvalue weighted by atomic mass is 10.1. The van der Waals surface area contributed by atoms with Crippen molar-refractivity contribution in [3.63, 3.8) is 0 Å². The highest BCUT2D eigenvalue weighted by Crippen LogP contribution is 2.23. The van der Waals surface area contributed by atoms with Gasteiger partial charge in [0.05, 0.1) is 18.3 Å². The van der Waals surface area contributed by atoms with E-state index in [9.17, 15) is 4.79 Å². The fourth-order valence-electron chi connectivity index (χ4n) is 3.52. The van der Waals surface area contributed by atoms with Crippen molar-refractivity contribution in [1.29, 1.82) is 0 Å². The molecule has 1 amide bonds. The number of hydrogen-bond acceptors (Lipinski definition) is 3.